The van der Waals surface area contributed by atoms with E-state index in [-0.39, 0.29) is 17.9 Å². The Morgan fingerprint density at radius 2 is 2.05 bits per heavy atom. The molecule has 4 nitrogen and oxygen atoms in total. The van der Waals surface area contributed by atoms with Gasteiger partial charge in [0.05, 0.1) is 0 Å². The highest BCUT2D eigenvalue weighted by Gasteiger charge is 2.54. The van der Waals surface area contributed by atoms with Crippen LogP contribution in [0.3, 0.4) is 0 Å². The summed E-state index contributed by atoms with van der Waals surface area (Å²) in [5, 5.41) is 2.98. The van der Waals surface area contributed by atoms with Crippen LogP contribution in [0.4, 0.5) is 0 Å². The maximum Gasteiger partial charge on any atom is 0.249 e. The van der Waals surface area contributed by atoms with Gasteiger partial charge in [0.1, 0.15) is 11.6 Å². The summed E-state index contributed by atoms with van der Waals surface area (Å²) in [5.74, 6) is 0.966. The fourth-order valence-electron chi connectivity index (χ4n) is 3.51. The van der Waals surface area contributed by atoms with Gasteiger partial charge in [0, 0.05) is 6.54 Å². The highest BCUT2D eigenvalue weighted by Crippen LogP contribution is 2.42. The van der Waals surface area contributed by atoms with Gasteiger partial charge < -0.3 is 10.2 Å². The summed E-state index contributed by atoms with van der Waals surface area (Å²) in [6.07, 6.45) is 9.75. The van der Waals surface area contributed by atoms with E-state index in [9.17, 15) is 9.59 Å². The standard InChI is InChI=1S/C16H24N2O2/c1-11-14(19)17-16(2,13-8-9-13)15(20)18(11)10-12-6-4-3-5-7-12/h3-4,11-13H,5-10H2,1-2H3,(H,17,19). The molecule has 3 atom stereocenters. The van der Waals surface area contributed by atoms with Crippen molar-refractivity contribution in [3.63, 3.8) is 0 Å². The van der Waals surface area contributed by atoms with Crippen LogP contribution in [0.15, 0.2) is 12.2 Å². The Bertz CT molecular complexity index is 455. The molecule has 20 heavy (non-hydrogen) atoms. The number of amides is 2. The number of hydrogen-bond acceptors (Lipinski definition) is 2. The van der Waals surface area contributed by atoms with Gasteiger partial charge in [-0.2, -0.15) is 0 Å². The Labute approximate surface area is 120 Å². The first-order chi connectivity index (χ1) is 9.52. The van der Waals surface area contributed by atoms with Crippen molar-refractivity contribution in [2.45, 2.75) is 57.5 Å². The second kappa shape index (κ2) is 4.90. The van der Waals surface area contributed by atoms with Crippen LogP contribution in [0.2, 0.25) is 0 Å². The summed E-state index contributed by atoms with van der Waals surface area (Å²) < 4.78 is 0. The minimum absolute atomic E-state index is 0.00496. The number of carbonyl (C=O) groups excluding carboxylic acids is 2. The smallest absolute Gasteiger partial charge is 0.249 e. The van der Waals surface area contributed by atoms with Crippen LogP contribution in [0.25, 0.3) is 0 Å². The van der Waals surface area contributed by atoms with E-state index < -0.39 is 5.54 Å². The molecule has 0 bridgehead atoms. The average Bonchev–Trinajstić information content (AvgIpc) is 3.27. The Balaban J connectivity index is 1.77. The van der Waals surface area contributed by atoms with Gasteiger partial charge >= 0.3 is 0 Å². The van der Waals surface area contributed by atoms with Gasteiger partial charge in [-0.25, -0.2) is 0 Å². The van der Waals surface area contributed by atoms with Gasteiger partial charge in [-0.3, -0.25) is 9.59 Å². The molecule has 4 heteroatoms. The van der Waals surface area contributed by atoms with Crippen LogP contribution < -0.4 is 5.32 Å². The summed E-state index contributed by atoms with van der Waals surface area (Å²) in [6.45, 7) is 4.48. The summed E-state index contributed by atoms with van der Waals surface area (Å²) in [7, 11) is 0. The number of nitrogens with one attached hydrogen (secondary N) is 1. The van der Waals surface area contributed by atoms with E-state index in [1.54, 1.807) is 0 Å². The van der Waals surface area contributed by atoms with E-state index in [0.717, 1.165) is 38.6 Å². The molecule has 0 radical (unpaired) electrons. The Morgan fingerprint density at radius 3 is 2.65 bits per heavy atom. The van der Waals surface area contributed by atoms with Crippen molar-refractivity contribution in [1.29, 1.82) is 0 Å². The molecule has 2 aliphatic carbocycles. The molecule has 2 amide bonds. The fraction of sp³-hybridized carbons (Fsp3) is 0.750. The average molecular weight is 276 g/mol. The van der Waals surface area contributed by atoms with Crippen molar-refractivity contribution in [2.75, 3.05) is 6.54 Å². The molecule has 3 rings (SSSR count). The molecule has 2 fully saturated rings. The normalized spacial score (nSPS) is 38.0. The van der Waals surface area contributed by atoms with Crippen LogP contribution in [0.1, 0.15) is 46.0 Å². The van der Waals surface area contributed by atoms with Gasteiger partial charge in [0.15, 0.2) is 0 Å². The van der Waals surface area contributed by atoms with Crippen LogP contribution in [0.5, 0.6) is 0 Å². The van der Waals surface area contributed by atoms with Gasteiger partial charge in [0.25, 0.3) is 0 Å². The highest BCUT2D eigenvalue weighted by molar-refractivity contribution is 5.99. The molecule has 1 saturated heterocycles. The number of rotatable bonds is 3. The molecule has 110 valence electrons. The first-order valence-electron chi connectivity index (χ1n) is 7.80. The summed E-state index contributed by atoms with van der Waals surface area (Å²) in [5.41, 5.74) is -0.659. The third-order valence-electron chi connectivity index (χ3n) is 5.16. The first kappa shape index (κ1) is 13.7. The summed E-state index contributed by atoms with van der Waals surface area (Å²) >= 11 is 0. The Kier molecular flexibility index (Phi) is 3.35. The lowest BCUT2D eigenvalue weighted by molar-refractivity contribution is -0.155. The maximum atomic E-state index is 12.9. The number of hydrogen-bond donors (Lipinski definition) is 1. The van der Waals surface area contributed by atoms with Crippen LogP contribution >= 0.6 is 0 Å². The molecule has 3 unspecified atom stereocenters. The van der Waals surface area contributed by atoms with Crippen LogP contribution in [0, 0.1) is 11.8 Å². The minimum Gasteiger partial charge on any atom is -0.340 e. The number of nitrogens with zero attached hydrogens (tertiary/aromatic N) is 1. The molecule has 0 spiro atoms. The van der Waals surface area contributed by atoms with Crippen LogP contribution in [-0.4, -0.2) is 34.8 Å². The molecule has 1 saturated carbocycles. The van der Waals surface area contributed by atoms with E-state index >= 15 is 0 Å². The lowest BCUT2D eigenvalue weighted by Gasteiger charge is -2.45. The predicted octanol–water partition coefficient (Wildman–Crippen LogP) is 1.86. The lowest BCUT2D eigenvalue weighted by atomic mass is 9.87. The van der Waals surface area contributed by atoms with Crippen molar-refractivity contribution < 1.29 is 9.59 Å². The van der Waals surface area contributed by atoms with E-state index in [1.165, 1.54) is 0 Å². The third-order valence-corrected chi connectivity index (χ3v) is 5.16. The zero-order chi connectivity index (χ0) is 14.3. The number of allylic oxidation sites excluding steroid dienone is 2. The summed E-state index contributed by atoms with van der Waals surface area (Å²) in [6, 6.07) is -0.333. The molecule has 0 aromatic rings. The molecule has 3 aliphatic rings. The van der Waals surface area contributed by atoms with E-state index in [0.29, 0.717) is 11.8 Å². The Morgan fingerprint density at radius 1 is 1.30 bits per heavy atom. The molecular formula is C16H24N2O2. The maximum absolute atomic E-state index is 12.9. The van der Waals surface area contributed by atoms with E-state index in [1.807, 2.05) is 18.7 Å². The highest BCUT2D eigenvalue weighted by atomic mass is 16.2. The van der Waals surface area contributed by atoms with Crippen LogP contribution in [-0.2, 0) is 9.59 Å². The number of piperazine rings is 1. The first-order valence-corrected chi connectivity index (χ1v) is 7.80. The van der Waals surface area contributed by atoms with Gasteiger partial charge in [-0.1, -0.05) is 12.2 Å². The van der Waals surface area contributed by atoms with Crippen molar-refractivity contribution >= 4 is 11.8 Å². The monoisotopic (exact) mass is 276 g/mol. The largest absolute Gasteiger partial charge is 0.340 e. The van der Waals surface area contributed by atoms with Gasteiger partial charge in [-0.05, 0) is 57.8 Å². The number of carbonyl (C=O) groups is 2. The molecule has 1 N–H and O–H groups in total. The molecule has 0 aromatic carbocycles. The van der Waals surface area contributed by atoms with E-state index in [4.69, 9.17) is 0 Å². The molecular weight excluding hydrogens is 252 g/mol. The van der Waals surface area contributed by atoms with Gasteiger partial charge in [0.2, 0.25) is 11.8 Å². The van der Waals surface area contributed by atoms with Crippen molar-refractivity contribution in [2.24, 2.45) is 11.8 Å². The molecule has 1 aliphatic heterocycles. The fourth-order valence-corrected chi connectivity index (χ4v) is 3.51. The van der Waals surface area contributed by atoms with Gasteiger partial charge in [-0.15, -0.1) is 0 Å². The SMILES string of the molecule is CC1C(=O)NC(C)(C2CC2)C(=O)N1CC1CC=CCC1. The minimum atomic E-state index is -0.659. The van der Waals surface area contributed by atoms with E-state index in [2.05, 4.69) is 17.5 Å². The zero-order valence-electron chi connectivity index (χ0n) is 12.4. The topological polar surface area (TPSA) is 49.4 Å². The summed E-state index contributed by atoms with van der Waals surface area (Å²) in [4.78, 5) is 26.9. The molecule has 0 aromatic heterocycles. The molecule has 1 heterocycles. The predicted molar refractivity (Wildman–Crippen MR) is 76.9 cm³/mol. The van der Waals surface area contributed by atoms with Crippen molar-refractivity contribution in [3.05, 3.63) is 12.2 Å². The van der Waals surface area contributed by atoms with Crippen molar-refractivity contribution in [1.82, 2.24) is 10.2 Å². The van der Waals surface area contributed by atoms with Crippen molar-refractivity contribution in [3.8, 4) is 0 Å². The third kappa shape index (κ3) is 2.25. The Hall–Kier alpha value is -1.32. The second-order valence-corrected chi connectivity index (χ2v) is 6.75. The quantitative estimate of drug-likeness (QED) is 0.800. The zero-order valence-corrected chi connectivity index (χ0v) is 12.4. The second-order valence-electron chi connectivity index (χ2n) is 6.75. The lowest BCUT2D eigenvalue weighted by Crippen LogP contribution is -2.70.